The molecule has 0 saturated heterocycles. The molecule has 0 aromatic heterocycles. The van der Waals surface area contributed by atoms with Crippen molar-refractivity contribution in [3.05, 3.63) is 29.3 Å². The summed E-state index contributed by atoms with van der Waals surface area (Å²) in [5, 5.41) is 0. The molecule has 0 saturated carbocycles. The van der Waals surface area contributed by atoms with Crippen molar-refractivity contribution in [3.8, 4) is 0 Å². The van der Waals surface area contributed by atoms with Gasteiger partial charge in [-0.2, -0.15) is 0 Å². The van der Waals surface area contributed by atoms with Crippen LogP contribution in [0.3, 0.4) is 0 Å². The Bertz CT molecular complexity index is 502. The van der Waals surface area contributed by atoms with Crippen LogP contribution >= 0.6 is 11.6 Å². The first-order valence-electron chi connectivity index (χ1n) is 5.71. The highest BCUT2D eigenvalue weighted by molar-refractivity contribution is 6.27. The van der Waals surface area contributed by atoms with Gasteiger partial charge in [0.2, 0.25) is 11.8 Å². The third-order valence-electron chi connectivity index (χ3n) is 3.18. The average molecular weight is 267 g/mol. The first-order chi connectivity index (χ1) is 8.52. The van der Waals surface area contributed by atoms with Gasteiger partial charge in [-0.1, -0.05) is 12.1 Å². The van der Waals surface area contributed by atoms with Crippen molar-refractivity contribution in [2.45, 2.75) is 13.0 Å². The summed E-state index contributed by atoms with van der Waals surface area (Å²) in [6.45, 7) is 0.511. The molecule has 1 aromatic carbocycles. The second-order valence-electron chi connectivity index (χ2n) is 4.48. The molecule has 0 radical (unpaired) electrons. The molecule has 0 unspecified atom stereocenters. The van der Waals surface area contributed by atoms with E-state index in [1.165, 1.54) is 0 Å². The Hall–Kier alpha value is -1.55. The van der Waals surface area contributed by atoms with Crippen molar-refractivity contribution in [1.29, 1.82) is 0 Å². The standard InChI is InChI=1S/C13H15ClN2O2/c1-15(13(18)7-14)8-9-3-4-11-10(5-9)6-12(17)16(11)2/h3-5H,6-8H2,1-2H3. The Kier molecular flexibility index (Phi) is 3.57. The van der Waals surface area contributed by atoms with Crippen LogP contribution in [0.2, 0.25) is 0 Å². The maximum atomic E-state index is 11.6. The third kappa shape index (κ3) is 2.34. The van der Waals surface area contributed by atoms with Gasteiger partial charge in [0, 0.05) is 26.3 Å². The van der Waals surface area contributed by atoms with Gasteiger partial charge in [0.15, 0.2) is 0 Å². The van der Waals surface area contributed by atoms with Crippen LogP contribution in [0.15, 0.2) is 18.2 Å². The summed E-state index contributed by atoms with van der Waals surface area (Å²) in [6, 6.07) is 5.84. The van der Waals surface area contributed by atoms with Gasteiger partial charge >= 0.3 is 0 Å². The van der Waals surface area contributed by atoms with Crippen LogP contribution in [-0.2, 0) is 22.6 Å². The minimum Gasteiger partial charge on any atom is -0.340 e. The minimum atomic E-state index is -0.106. The van der Waals surface area contributed by atoms with Gasteiger partial charge in [-0.3, -0.25) is 9.59 Å². The number of halogens is 1. The van der Waals surface area contributed by atoms with Crippen LogP contribution in [-0.4, -0.2) is 36.7 Å². The smallest absolute Gasteiger partial charge is 0.237 e. The van der Waals surface area contributed by atoms with Crippen LogP contribution in [0.1, 0.15) is 11.1 Å². The SMILES string of the molecule is CN(Cc1ccc2c(c1)CC(=O)N2C)C(=O)CCl. The van der Waals surface area contributed by atoms with Gasteiger partial charge < -0.3 is 9.80 Å². The molecule has 5 heteroatoms. The fraction of sp³-hybridized carbons (Fsp3) is 0.385. The van der Waals surface area contributed by atoms with E-state index in [0.29, 0.717) is 13.0 Å². The lowest BCUT2D eigenvalue weighted by atomic mass is 10.1. The molecule has 18 heavy (non-hydrogen) atoms. The average Bonchev–Trinajstić information content (AvgIpc) is 2.63. The largest absolute Gasteiger partial charge is 0.340 e. The number of likely N-dealkylation sites (N-methyl/N-ethyl adjacent to an activating group) is 1. The lowest BCUT2D eigenvalue weighted by molar-refractivity contribution is -0.127. The Morgan fingerprint density at radius 3 is 2.89 bits per heavy atom. The first kappa shape index (κ1) is 12.9. The molecule has 1 aliphatic heterocycles. The molecule has 0 fully saturated rings. The van der Waals surface area contributed by atoms with Crippen molar-refractivity contribution in [2.24, 2.45) is 0 Å². The van der Waals surface area contributed by atoms with Gasteiger partial charge in [0.25, 0.3) is 0 Å². The van der Waals surface area contributed by atoms with Gasteiger partial charge in [-0.15, -0.1) is 11.6 Å². The second kappa shape index (κ2) is 4.98. The zero-order chi connectivity index (χ0) is 13.3. The molecule has 2 amide bonds. The van der Waals surface area contributed by atoms with Crippen LogP contribution in [0, 0.1) is 0 Å². The molecule has 0 spiro atoms. The molecule has 0 aliphatic carbocycles. The van der Waals surface area contributed by atoms with E-state index in [0.717, 1.165) is 16.8 Å². The quantitative estimate of drug-likeness (QED) is 0.776. The minimum absolute atomic E-state index is 0.0112. The molecule has 96 valence electrons. The number of nitrogens with zero attached hydrogens (tertiary/aromatic N) is 2. The number of rotatable bonds is 3. The Morgan fingerprint density at radius 1 is 1.50 bits per heavy atom. The summed E-state index contributed by atoms with van der Waals surface area (Å²) in [4.78, 5) is 26.2. The summed E-state index contributed by atoms with van der Waals surface area (Å²) in [5.74, 6) is -0.0134. The number of fused-ring (bicyclic) bond motifs is 1. The molecule has 1 aromatic rings. The summed E-state index contributed by atoms with van der Waals surface area (Å²) in [5.41, 5.74) is 2.99. The lowest BCUT2D eigenvalue weighted by Crippen LogP contribution is -2.27. The summed E-state index contributed by atoms with van der Waals surface area (Å²) in [7, 11) is 3.49. The predicted octanol–water partition coefficient (Wildman–Crippen LogP) is 1.40. The van der Waals surface area contributed by atoms with E-state index in [1.807, 2.05) is 18.2 Å². The fourth-order valence-corrected chi connectivity index (χ4v) is 2.29. The monoisotopic (exact) mass is 266 g/mol. The highest BCUT2D eigenvalue weighted by Crippen LogP contribution is 2.28. The van der Waals surface area contributed by atoms with Crippen LogP contribution < -0.4 is 4.90 Å². The Balaban J connectivity index is 2.16. The van der Waals surface area contributed by atoms with E-state index in [2.05, 4.69) is 0 Å². The highest BCUT2D eigenvalue weighted by Gasteiger charge is 2.24. The highest BCUT2D eigenvalue weighted by atomic mass is 35.5. The van der Waals surface area contributed by atoms with E-state index in [1.54, 1.807) is 23.9 Å². The van der Waals surface area contributed by atoms with Crippen molar-refractivity contribution in [2.75, 3.05) is 24.9 Å². The Labute approximate surface area is 111 Å². The fourth-order valence-electron chi connectivity index (χ4n) is 2.09. The summed E-state index contributed by atoms with van der Waals surface area (Å²) in [6.07, 6.45) is 0.437. The number of benzene rings is 1. The van der Waals surface area contributed by atoms with E-state index < -0.39 is 0 Å². The molecule has 4 nitrogen and oxygen atoms in total. The molecule has 0 atom stereocenters. The normalized spacial score (nSPS) is 13.7. The summed E-state index contributed by atoms with van der Waals surface area (Å²) >= 11 is 5.50. The maximum absolute atomic E-state index is 11.6. The number of carbonyl (C=O) groups is 2. The topological polar surface area (TPSA) is 40.6 Å². The molecular formula is C13H15ClN2O2. The predicted molar refractivity (Wildman–Crippen MR) is 70.8 cm³/mol. The molecule has 0 N–H and O–H groups in total. The van der Waals surface area contributed by atoms with Gasteiger partial charge in [0.1, 0.15) is 5.88 Å². The second-order valence-corrected chi connectivity index (χ2v) is 4.74. The van der Waals surface area contributed by atoms with E-state index in [-0.39, 0.29) is 17.7 Å². The van der Waals surface area contributed by atoms with Gasteiger partial charge in [-0.05, 0) is 17.2 Å². The van der Waals surface area contributed by atoms with E-state index >= 15 is 0 Å². The lowest BCUT2D eigenvalue weighted by Gasteiger charge is -2.17. The van der Waals surface area contributed by atoms with E-state index in [4.69, 9.17) is 11.6 Å². The first-order valence-corrected chi connectivity index (χ1v) is 6.24. The number of hydrogen-bond acceptors (Lipinski definition) is 2. The molecule has 1 heterocycles. The number of anilines is 1. The van der Waals surface area contributed by atoms with Crippen molar-refractivity contribution >= 4 is 29.1 Å². The molecule has 1 aliphatic rings. The van der Waals surface area contributed by atoms with Crippen molar-refractivity contribution in [3.63, 3.8) is 0 Å². The number of hydrogen-bond donors (Lipinski definition) is 0. The van der Waals surface area contributed by atoms with Crippen LogP contribution in [0.4, 0.5) is 5.69 Å². The van der Waals surface area contributed by atoms with Gasteiger partial charge in [0.05, 0.1) is 6.42 Å². The van der Waals surface area contributed by atoms with Gasteiger partial charge in [-0.25, -0.2) is 0 Å². The number of carbonyl (C=O) groups excluding carboxylic acids is 2. The third-order valence-corrected chi connectivity index (χ3v) is 3.41. The number of alkyl halides is 1. The number of amides is 2. The Morgan fingerprint density at radius 2 is 2.22 bits per heavy atom. The maximum Gasteiger partial charge on any atom is 0.237 e. The van der Waals surface area contributed by atoms with E-state index in [9.17, 15) is 9.59 Å². The van der Waals surface area contributed by atoms with Crippen molar-refractivity contribution < 1.29 is 9.59 Å². The molecular weight excluding hydrogens is 252 g/mol. The molecule has 2 rings (SSSR count). The van der Waals surface area contributed by atoms with Crippen molar-refractivity contribution in [1.82, 2.24) is 4.90 Å². The molecule has 0 bridgehead atoms. The zero-order valence-corrected chi connectivity index (χ0v) is 11.2. The van der Waals surface area contributed by atoms with Crippen LogP contribution in [0.25, 0.3) is 0 Å². The summed E-state index contributed by atoms with van der Waals surface area (Å²) < 4.78 is 0. The van der Waals surface area contributed by atoms with Crippen LogP contribution in [0.5, 0.6) is 0 Å². The zero-order valence-electron chi connectivity index (χ0n) is 10.4.